The van der Waals surface area contributed by atoms with Crippen LogP contribution in [-0.2, 0) is 33.3 Å². The van der Waals surface area contributed by atoms with Gasteiger partial charge in [0.05, 0.1) is 57.2 Å². The summed E-state index contributed by atoms with van der Waals surface area (Å²) in [5, 5.41) is 4.35. The highest BCUT2D eigenvalue weighted by molar-refractivity contribution is 6.12. The summed E-state index contributed by atoms with van der Waals surface area (Å²) in [5.41, 5.74) is 6.02. The lowest BCUT2D eigenvalue weighted by Crippen LogP contribution is -2.39. The van der Waals surface area contributed by atoms with Gasteiger partial charge in [-0.05, 0) is 20.8 Å². The van der Waals surface area contributed by atoms with Gasteiger partial charge in [-0.1, -0.05) is 0 Å². The Morgan fingerprint density at radius 2 is 1.53 bits per heavy atom. The number of ether oxygens (including phenoxy) is 4. The summed E-state index contributed by atoms with van der Waals surface area (Å²) in [6.45, 7) is 7.55. The molecule has 0 fully saturated rings. The van der Waals surface area contributed by atoms with Crippen LogP contribution in [0.15, 0.2) is 24.0 Å². The first-order valence-corrected chi connectivity index (χ1v) is 10.9. The van der Waals surface area contributed by atoms with Gasteiger partial charge in [0.1, 0.15) is 13.2 Å². The molecule has 0 bridgehead atoms. The molecule has 0 unspecified atom stereocenters. The number of hydrogen-bond acceptors (Lipinski definition) is 11. The van der Waals surface area contributed by atoms with Gasteiger partial charge in [-0.15, -0.1) is 5.53 Å². The van der Waals surface area contributed by atoms with Crippen LogP contribution in [0.3, 0.4) is 0 Å². The van der Waals surface area contributed by atoms with Gasteiger partial charge in [-0.25, -0.2) is 4.79 Å². The number of alkyl carbamates (subject to hydrolysis) is 1. The van der Waals surface area contributed by atoms with Crippen molar-refractivity contribution in [3.63, 3.8) is 0 Å². The molecule has 0 aromatic carbocycles. The minimum absolute atomic E-state index is 0.0330. The average molecular weight is 484 g/mol. The van der Waals surface area contributed by atoms with Crippen LogP contribution in [-0.4, -0.2) is 93.1 Å². The minimum Gasteiger partial charge on any atom is -0.463 e. The van der Waals surface area contributed by atoms with Crippen LogP contribution >= 0.6 is 0 Å². The smallest absolute Gasteiger partial charge is 0.407 e. The second kappa shape index (κ2) is 13.5. The Kier molecular flexibility index (Phi) is 10.8. The monoisotopic (exact) mass is 483 g/mol. The van der Waals surface area contributed by atoms with Gasteiger partial charge in [0, 0.05) is 18.4 Å². The molecule has 0 radical (unpaired) electrons. The van der Waals surface area contributed by atoms with Gasteiger partial charge in [0.2, 0.25) is 0 Å². The maximum Gasteiger partial charge on any atom is 0.407 e. The number of amides is 3. The second-order valence-corrected chi connectivity index (χ2v) is 8.35. The van der Waals surface area contributed by atoms with Crippen LogP contribution in [0.1, 0.15) is 20.8 Å². The summed E-state index contributed by atoms with van der Waals surface area (Å²) < 4.78 is 20.8. The van der Waals surface area contributed by atoms with Crippen molar-refractivity contribution >= 4 is 23.9 Å². The highest BCUT2D eigenvalue weighted by Crippen LogP contribution is 2.14. The van der Waals surface area contributed by atoms with Crippen LogP contribution in [0.25, 0.3) is 0 Å². The van der Waals surface area contributed by atoms with E-state index in [4.69, 9.17) is 18.9 Å². The molecule has 2 aliphatic rings. The zero-order valence-corrected chi connectivity index (χ0v) is 19.8. The molecule has 2 heterocycles. The SMILES string of the molecule is CC(C)(C)C(=O)OCCOCCN1C=C(CNC(=O)OCCOCCN2C(=O)C=CC2=O)NN1. The van der Waals surface area contributed by atoms with Crippen molar-refractivity contribution in [2.75, 3.05) is 59.3 Å². The molecular formula is C21H33N5O8. The molecule has 2 aliphatic heterocycles. The van der Waals surface area contributed by atoms with E-state index >= 15 is 0 Å². The molecular weight excluding hydrogens is 450 g/mol. The molecule has 0 aromatic heterocycles. The van der Waals surface area contributed by atoms with Gasteiger partial charge in [0.15, 0.2) is 0 Å². The Bertz CT molecular complexity index is 775. The van der Waals surface area contributed by atoms with Crippen molar-refractivity contribution in [3.05, 3.63) is 24.0 Å². The third kappa shape index (κ3) is 9.77. The lowest BCUT2D eigenvalue weighted by molar-refractivity contribution is -0.154. The average Bonchev–Trinajstić information content (AvgIpc) is 3.37. The van der Waals surface area contributed by atoms with Crippen LogP contribution in [0.4, 0.5) is 4.79 Å². The summed E-state index contributed by atoms with van der Waals surface area (Å²) in [5.74, 6) is -0.990. The normalized spacial score (nSPS) is 15.4. The van der Waals surface area contributed by atoms with Gasteiger partial charge >= 0.3 is 12.1 Å². The number of imide groups is 1. The predicted molar refractivity (Wildman–Crippen MR) is 118 cm³/mol. The number of nitrogens with zero attached hydrogens (tertiary/aromatic N) is 2. The van der Waals surface area contributed by atoms with Crippen molar-refractivity contribution in [2.24, 2.45) is 5.41 Å². The molecule has 2 rings (SSSR count). The molecule has 0 saturated heterocycles. The summed E-state index contributed by atoms with van der Waals surface area (Å²) in [4.78, 5) is 47.2. The Balaban J connectivity index is 1.45. The van der Waals surface area contributed by atoms with Crippen LogP contribution in [0.2, 0.25) is 0 Å². The summed E-state index contributed by atoms with van der Waals surface area (Å²) >= 11 is 0. The molecule has 0 aromatic rings. The standard InChI is InChI=1S/C21H33N5O8/c1-21(2,3)19(29)33-12-10-31-8-6-25-15-16(23-24-25)14-22-20(30)34-13-11-32-9-7-26-17(27)4-5-18(26)28/h4-5,15,23-24H,6-14H2,1-3H3,(H,22,30). The maximum absolute atomic E-state index is 11.8. The fraction of sp³-hybridized carbons (Fsp3) is 0.619. The Hall–Kier alpha value is -3.16. The zero-order chi connectivity index (χ0) is 25.0. The fourth-order valence-electron chi connectivity index (χ4n) is 2.60. The second-order valence-electron chi connectivity index (χ2n) is 8.35. The molecule has 13 nitrogen and oxygen atoms in total. The topological polar surface area (TPSA) is 148 Å². The fourth-order valence-corrected chi connectivity index (χ4v) is 2.60. The van der Waals surface area contributed by atoms with E-state index in [2.05, 4.69) is 16.3 Å². The number of hydrazine groups is 2. The molecule has 0 atom stereocenters. The van der Waals surface area contributed by atoms with E-state index in [1.165, 1.54) is 12.2 Å². The summed E-state index contributed by atoms with van der Waals surface area (Å²) in [6.07, 6.45) is 3.60. The lowest BCUT2D eigenvalue weighted by atomic mass is 9.97. The van der Waals surface area contributed by atoms with Gasteiger partial charge in [-0.2, -0.15) is 0 Å². The first-order chi connectivity index (χ1) is 16.2. The highest BCUT2D eigenvalue weighted by atomic mass is 16.6. The highest BCUT2D eigenvalue weighted by Gasteiger charge is 2.23. The molecule has 0 saturated carbocycles. The maximum atomic E-state index is 11.8. The van der Waals surface area contributed by atoms with Crippen molar-refractivity contribution in [2.45, 2.75) is 20.8 Å². The molecule has 0 spiro atoms. The van der Waals surface area contributed by atoms with Gasteiger partial charge in [0.25, 0.3) is 11.8 Å². The number of esters is 1. The van der Waals surface area contributed by atoms with E-state index in [1.807, 2.05) is 0 Å². The van der Waals surface area contributed by atoms with Gasteiger partial charge in [-0.3, -0.25) is 24.3 Å². The van der Waals surface area contributed by atoms with E-state index in [0.717, 1.165) is 10.6 Å². The molecule has 13 heteroatoms. The lowest BCUT2D eigenvalue weighted by Gasteiger charge is -2.17. The number of hydrogen-bond donors (Lipinski definition) is 3. The minimum atomic E-state index is -0.605. The van der Waals surface area contributed by atoms with Crippen molar-refractivity contribution < 1.29 is 38.1 Å². The van der Waals surface area contributed by atoms with Crippen molar-refractivity contribution in [1.82, 2.24) is 26.2 Å². The van der Waals surface area contributed by atoms with Crippen LogP contribution in [0, 0.1) is 5.41 Å². The summed E-state index contributed by atoms with van der Waals surface area (Å²) in [7, 11) is 0. The number of carbonyl (C=O) groups is 4. The summed E-state index contributed by atoms with van der Waals surface area (Å²) in [6, 6.07) is 0. The molecule has 190 valence electrons. The third-order valence-corrected chi connectivity index (χ3v) is 4.47. The number of carbonyl (C=O) groups excluding carboxylic acids is 4. The predicted octanol–water partition coefficient (Wildman–Crippen LogP) is -0.574. The van der Waals surface area contributed by atoms with E-state index < -0.39 is 11.5 Å². The van der Waals surface area contributed by atoms with Crippen LogP contribution < -0.4 is 16.3 Å². The van der Waals surface area contributed by atoms with E-state index in [0.29, 0.717) is 19.8 Å². The quantitative estimate of drug-likeness (QED) is 0.166. The molecule has 3 amide bonds. The molecule has 34 heavy (non-hydrogen) atoms. The van der Waals surface area contributed by atoms with E-state index in [9.17, 15) is 19.2 Å². The molecule has 3 N–H and O–H groups in total. The number of nitrogens with one attached hydrogen (secondary N) is 3. The van der Waals surface area contributed by atoms with Gasteiger partial charge < -0.3 is 29.7 Å². The largest absolute Gasteiger partial charge is 0.463 e. The zero-order valence-electron chi connectivity index (χ0n) is 19.8. The van der Waals surface area contributed by atoms with E-state index in [1.54, 1.807) is 32.0 Å². The van der Waals surface area contributed by atoms with E-state index in [-0.39, 0.29) is 57.3 Å². The Morgan fingerprint density at radius 1 is 0.912 bits per heavy atom. The molecule has 0 aliphatic carbocycles. The third-order valence-electron chi connectivity index (χ3n) is 4.47. The Labute approximate surface area is 198 Å². The van der Waals surface area contributed by atoms with Crippen LogP contribution in [0.5, 0.6) is 0 Å². The first-order valence-electron chi connectivity index (χ1n) is 10.9. The Morgan fingerprint density at radius 3 is 2.18 bits per heavy atom. The first kappa shape index (κ1) is 27.1. The van der Waals surface area contributed by atoms with Crippen molar-refractivity contribution in [1.29, 1.82) is 0 Å². The number of rotatable bonds is 14. The van der Waals surface area contributed by atoms with Crippen molar-refractivity contribution in [3.8, 4) is 0 Å².